The molecule has 2 rings (SSSR count). The first-order valence-corrected chi connectivity index (χ1v) is 6.80. The van der Waals surface area contributed by atoms with Gasteiger partial charge in [-0.15, -0.1) is 34.7 Å². The van der Waals surface area contributed by atoms with Gasteiger partial charge in [0.1, 0.15) is 0 Å². The number of thioether (sulfide) groups is 1. The second-order valence-electron chi connectivity index (χ2n) is 2.96. The first-order valence-electron chi connectivity index (χ1n) is 4.16. The molecular weight excluding hydrogens is 234 g/mol. The van der Waals surface area contributed by atoms with Crippen LogP contribution in [-0.2, 0) is 5.88 Å². The Labute approximate surface area is 96.2 Å². The third-order valence-corrected chi connectivity index (χ3v) is 4.37. The maximum Gasteiger partial charge on any atom is 0.0511 e. The molecule has 0 radical (unpaired) electrons. The molecule has 74 valence electrons. The molecule has 1 aromatic heterocycles. The van der Waals surface area contributed by atoms with E-state index in [0.717, 1.165) is 16.1 Å². The lowest BCUT2D eigenvalue weighted by molar-refractivity contribution is 1.38. The normalized spacial score (nSPS) is 11.0. The van der Waals surface area contributed by atoms with Crippen LogP contribution in [-0.4, -0.2) is 6.26 Å². The molecule has 0 aliphatic carbocycles. The lowest BCUT2D eigenvalue weighted by atomic mass is 10.1. The van der Waals surface area contributed by atoms with Crippen LogP contribution in [0.15, 0.2) is 22.4 Å². The maximum atomic E-state index is 6.03. The minimum absolute atomic E-state index is 0.477. The first kappa shape index (κ1) is 10.1. The number of nitrogen functional groups attached to an aromatic ring is 1. The van der Waals surface area contributed by atoms with Crippen LogP contribution in [0.1, 0.15) is 5.56 Å². The molecule has 1 aromatic carbocycles. The molecule has 0 aliphatic heterocycles. The van der Waals surface area contributed by atoms with Crippen LogP contribution in [0, 0.1) is 0 Å². The molecule has 0 bridgehead atoms. The molecule has 1 nitrogen and oxygen atoms in total. The molecule has 4 heteroatoms. The first-order chi connectivity index (χ1) is 6.77. The predicted molar refractivity (Wildman–Crippen MR) is 67.6 cm³/mol. The van der Waals surface area contributed by atoms with Gasteiger partial charge in [0, 0.05) is 15.5 Å². The number of halogens is 1. The minimum Gasteiger partial charge on any atom is -0.398 e. The fourth-order valence-electron chi connectivity index (χ4n) is 1.46. The third-order valence-electron chi connectivity index (χ3n) is 2.17. The van der Waals surface area contributed by atoms with E-state index in [2.05, 4.69) is 17.5 Å². The van der Waals surface area contributed by atoms with Crippen molar-refractivity contribution >= 4 is 50.5 Å². The summed E-state index contributed by atoms with van der Waals surface area (Å²) in [4.78, 5) is 1.16. The zero-order chi connectivity index (χ0) is 10.1. The lowest BCUT2D eigenvalue weighted by Crippen LogP contribution is -1.94. The van der Waals surface area contributed by atoms with E-state index in [0.29, 0.717) is 5.88 Å². The Kier molecular flexibility index (Phi) is 2.91. The van der Waals surface area contributed by atoms with Crippen LogP contribution in [0.5, 0.6) is 0 Å². The molecule has 14 heavy (non-hydrogen) atoms. The molecule has 1 heterocycles. The van der Waals surface area contributed by atoms with E-state index >= 15 is 0 Å². The molecule has 0 saturated carbocycles. The van der Waals surface area contributed by atoms with Gasteiger partial charge in [0.25, 0.3) is 0 Å². The number of alkyl halides is 1. The molecule has 0 saturated heterocycles. The highest BCUT2D eigenvalue weighted by Crippen LogP contribution is 2.38. The van der Waals surface area contributed by atoms with Crippen LogP contribution < -0.4 is 5.73 Å². The fraction of sp³-hybridized carbons (Fsp3) is 0.200. The number of anilines is 1. The summed E-state index contributed by atoms with van der Waals surface area (Å²) >= 11 is 9.26. The van der Waals surface area contributed by atoms with Gasteiger partial charge in [0.15, 0.2) is 0 Å². The number of rotatable bonds is 2. The van der Waals surface area contributed by atoms with Crippen molar-refractivity contribution in [1.29, 1.82) is 0 Å². The van der Waals surface area contributed by atoms with Crippen molar-refractivity contribution in [3.63, 3.8) is 0 Å². The van der Waals surface area contributed by atoms with Crippen LogP contribution in [0.3, 0.4) is 0 Å². The molecule has 2 aromatic rings. The summed E-state index contributed by atoms with van der Waals surface area (Å²) in [5, 5.41) is 3.33. The second-order valence-corrected chi connectivity index (χ2v) is 4.96. The van der Waals surface area contributed by atoms with Gasteiger partial charge in [-0.05, 0) is 34.7 Å². The summed E-state index contributed by atoms with van der Waals surface area (Å²) < 4.78 is 1.27. The maximum absolute atomic E-state index is 6.03. The van der Waals surface area contributed by atoms with Gasteiger partial charge in [0.2, 0.25) is 0 Å². The number of hydrogen-bond donors (Lipinski definition) is 1. The van der Waals surface area contributed by atoms with Crippen molar-refractivity contribution in [1.82, 2.24) is 0 Å². The average molecular weight is 244 g/mol. The predicted octanol–water partition coefficient (Wildman–Crippen LogP) is 3.94. The van der Waals surface area contributed by atoms with E-state index in [1.165, 1.54) is 10.1 Å². The molecule has 2 N–H and O–H groups in total. The summed E-state index contributed by atoms with van der Waals surface area (Å²) in [5.41, 5.74) is 7.90. The van der Waals surface area contributed by atoms with Gasteiger partial charge in [-0.3, -0.25) is 0 Å². The van der Waals surface area contributed by atoms with Crippen LogP contribution >= 0.6 is 34.7 Å². The lowest BCUT2D eigenvalue weighted by Gasteiger charge is -2.08. The topological polar surface area (TPSA) is 26.0 Å². The Bertz CT molecular complexity index is 464. The van der Waals surface area contributed by atoms with Gasteiger partial charge < -0.3 is 5.73 Å². The van der Waals surface area contributed by atoms with E-state index in [1.807, 2.05) is 6.26 Å². The SMILES string of the molecule is CSc1c(N)c(CCl)cc2ccsc12. The van der Waals surface area contributed by atoms with E-state index < -0.39 is 0 Å². The highest BCUT2D eigenvalue weighted by Gasteiger charge is 2.10. The Hall–Kier alpha value is -0.380. The minimum atomic E-state index is 0.477. The molecule has 0 aliphatic rings. The molecular formula is C10H10ClNS2. The van der Waals surface area contributed by atoms with Crippen molar-refractivity contribution in [2.45, 2.75) is 10.8 Å². The number of hydrogen-bond acceptors (Lipinski definition) is 3. The summed E-state index contributed by atoms with van der Waals surface area (Å²) in [6.07, 6.45) is 2.04. The van der Waals surface area contributed by atoms with Gasteiger partial charge in [-0.1, -0.05) is 0 Å². The van der Waals surface area contributed by atoms with Crippen molar-refractivity contribution in [2.75, 3.05) is 12.0 Å². The highest BCUT2D eigenvalue weighted by molar-refractivity contribution is 7.99. The molecule has 0 amide bonds. The van der Waals surface area contributed by atoms with Crippen LogP contribution in [0.25, 0.3) is 10.1 Å². The number of thiophene rings is 1. The smallest absolute Gasteiger partial charge is 0.0511 e. The van der Waals surface area contributed by atoms with E-state index in [4.69, 9.17) is 17.3 Å². The fourth-order valence-corrected chi connectivity index (χ4v) is 3.56. The Morgan fingerprint density at radius 3 is 3.00 bits per heavy atom. The number of nitrogens with two attached hydrogens (primary N) is 1. The van der Waals surface area contributed by atoms with Crippen molar-refractivity contribution < 1.29 is 0 Å². The Morgan fingerprint density at radius 1 is 1.57 bits per heavy atom. The van der Waals surface area contributed by atoms with E-state index in [-0.39, 0.29) is 0 Å². The highest BCUT2D eigenvalue weighted by atomic mass is 35.5. The largest absolute Gasteiger partial charge is 0.398 e. The number of benzene rings is 1. The van der Waals surface area contributed by atoms with Gasteiger partial charge in [-0.25, -0.2) is 0 Å². The standard InChI is InChI=1S/C10H10ClNS2/c1-13-10-8(12)7(5-11)4-6-2-3-14-9(6)10/h2-4H,5,12H2,1H3. The van der Waals surface area contributed by atoms with Crippen molar-refractivity contribution in [3.8, 4) is 0 Å². The van der Waals surface area contributed by atoms with Gasteiger partial charge in [0.05, 0.1) is 5.69 Å². The average Bonchev–Trinajstić information content (AvgIpc) is 2.64. The Balaban J connectivity index is 2.80. The van der Waals surface area contributed by atoms with Crippen LogP contribution in [0.4, 0.5) is 5.69 Å². The quantitative estimate of drug-likeness (QED) is 0.491. The number of fused-ring (bicyclic) bond motifs is 1. The Morgan fingerprint density at radius 2 is 2.36 bits per heavy atom. The van der Waals surface area contributed by atoms with Crippen LogP contribution in [0.2, 0.25) is 0 Å². The summed E-state index contributed by atoms with van der Waals surface area (Å²) in [7, 11) is 0. The van der Waals surface area contributed by atoms with Crippen molar-refractivity contribution in [2.24, 2.45) is 0 Å². The van der Waals surface area contributed by atoms with E-state index in [9.17, 15) is 0 Å². The third kappa shape index (κ3) is 1.49. The monoisotopic (exact) mass is 243 g/mol. The summed E-state index contributed by atoms with van der Waals surface area (Å²) in [5.74, 6) is 0.477. The summed E-state index contributed by atoms with van der Waals surface area (Å²) in [6.45, 7) is 0. The molecule has 0 spiro atoms. The molecule has 0 fully saturated rings. The molecule has 0 unspecified atom stereocenters. The van der Waals surface area contributed by atoms with E-state index in [1.54, 1.807) is 23.1 Å². The zero-order valence-electron chi connectivity index (χ0n) is 7.71. The summed E-state index contributed by atoms with van der Waals surface area (Å²) in [6, 6.07) is 4.18. The van der Waals surface area contributed by atoms with Gasteiger partial charge in [-0.2, -0.15) is 0 Å². The zero-order valence-corrected chi connectivity index (χ0v) is 10.1. The second kappa shape index (κ2) is 4.01. The van der Waals surface area contributed by atoms with Crippen molar-refractivity contribution in [3.05, 3.63) is 23.1 Å². The molecule has 0 atom stereocenters. The van der Waals surface area contributed by atoms with Gasteiger partial charge >= 0.3 is 0 Å².